The van der Waals surface area contributed by atoms with E-state index in [0.717, 1.165) is 40.0 Å². The molecule has 4 heterocycles. The number of nitrogens with one attached hydrogen (secondary N) is 2. The molecule has 0 amide bonds. The number of pyridine rings is 3. The Kier molecular flexibility index (Phi) is 5.50. The zero-order valence-corrected chi connectivity index (χ0v) is 16.9. The van der Waals surface area contributed by atoms with Gasteiger partial charge in [-0.25, -0.2) is 9.97 Å². The molecule has 0 bridgehead atoms. The number of aromatic nitrogens is 4. The van der Waals surface area contributed by atoms with Crippen LogP contribution in [0.3, 0.4) is 0 Å². The molecule has 2 N–H and O–H groups in total. The largest absolute Gasteiger partial charge is 0.493 e. The van der Waals surface area contributed by atoms with Crippen LogP contribution in [0, 0.1) is 6.92 Å². The lowest BCUT2D eigenvalue weighted by Crippen LogP contribution is -2.13. The van der Waals surface area contributed by atoms with Crippen LogP contribution in [0.2, 0.25) is 0 Å². The van der Waals surface area contributed by atoms with E-state index in [2.05, 4.69) is 31.3 Å². The van der Waals surface area contributed by atoms with E-state index in [9.17, 15) is 13.2 Å². The minimum absolute atomic E-state index is 0.0320. The lowest BCUT2D eigenvalue weighted by Gasteiger charge is -2.15. The predicted molar refractivity (Wildman–Crippen MR) is 111 cm³/mol. The van der Waals surface area contributed by atoms with Gasteiger partial charge in [-0.2, -0.15) is 13.2 Å². The molecule has 0 radical (unpaired) electrons. The quantitative estimate of drug-likeness (QED) is 0.458. The normalized spacial score (nSPS) is 11.6. The molecule has 0 aliphatic heterocycles. The number of H-pyrrole nitrogens is 1. The van der Waals surface area contributed by atoms with E-state index in [4.69, 9.17) is 4.74 Å². The highest BCUT2D eigenvalue weighted by molar-refractivity contribution is 5.80. The number of ether oxygens (including phenoxy) is 1. The van der Waals surface area contributed by atoms with Crippen molar-refractivity contribution in [3.8, 4) is 5.75 Å². The van der Waals surface area contributed by atoms with E-state index in [1.165, 1.54) is 13.3 Å². The minimum atomic E-state index is -4.45. The Bertz CT molecular complexity index is 1220. The summed E-state index contributed by atoms with van der Waals surface area (Å²) in [5.74, 6) is 0.809. The van der Waals surface area contributed by atoms with E-state index < -0.39 is 11.7 Å². The van der Waals surface area contributed by atoms with Gasteiger partial charge >= 0.3 is 6.18 Å². The number of rotatable bonds is 6. The molecule has 0 aliphatic carbocycles. The van der Waals surface area contributed by atoms with Crippen molar-refractivity contribution in [3.05, 3.63) is 77.0 Å². The summed E-state index contributed by atoms with van der Waals surface area (Å²) in [6, 6.07) is 4.86. The van der Waals surface area contributed by atoms with E-state index in [0.29, 0.717) is 18.0 Å². The third kappa shape index (κ3) is 4.45. The van der Waals surface area contributed by atoms with E-state index in [1.54, 1.807) is 12.4 Å². The average molecular weight is 427 g/mol. The average Bonchev–Trinajstić information content (AvgIpc) is 3.14. The highest BCUT2D eigenvalue weighted by Gasteiger charge is 2.33. The van der Waals surface area contributed by atoms with Gasteiger partial charge in [-0.15, -0.1) is 0 Å². The van der Waals surface area contributed by atoms with Gasteiger partial charge in [-0.1, -0.05) is 0 Å². The van der Waals surface area contributed by atoms with Crippen molar-refractivity contribution in [2.45, 2.75) is 26.1 Å². The fraction of sp³-hybridized carbons (Fsp3) is 0.227. The summed E-state index contributed by atoms with van der Waals surface area (Å²) in [6.45, 7) is 1.90. The molecular formula is C22H20F3N5O. The zero-order chi connectivity index (χ0) is 22.0. The van der Waals surface area contributed by atoms with E-state index in [-0.39, 0.29) is 12.1 Å². The molecule has 0 unspecified atom stereocenters. The number of fused-ring (bicyclic) bond motifs is 1. The molecule has 0 saturated heterocycles. The van der Waals surface area contributed by atoms with Crippen molar-refractivity contribution >= 4 is 16.9 Å². The highest BCUT2D eigenvalue weighted by atomic mass is 19.4. The number of hydrogen-bond donors (Lipinski definition) is 2. The van der Waals surface area contributed by atoms with Crippen LogP contribution in [-0.4, -0.2) is 27.0 Å². The maximum Gasteiger partial charge on any atom is 0.416 e. The Morgan fingerprint density at radius 2 is 1.94 bits per heavy atom. The first-order valence-electron chi connectivity index (χ1n) is 9.54. The van der Waals surface area contributed by atoms with Gasteiger partial charge in [0.2, 0.25) is 0 Å². The lowest BCUT2D eigenvalue weighted by molar-refractivity contribution is -0.138. The summed E-state index contributed by atoms with van der Waals surface area (Å²) < 4.78 is 45.0. The van der Waals surface area contributed by atoms with Crippen molar-refractivity contribution in [1.82, 2.24) is 19.9 Å². The topological polar surface area (TPSA) is 75.7 Å². The second-order valence-corrected chi connectivity index (χ2v) is 7.18. The molecule has 160 valence electrons. The van der Waals surface area contributed by atoms with E-state index >= 15 is 0 Å². The lowest BCUT2D eigenvalue weighted by atomic mass is 10.1. The van der Waals surface area contributed by atoms with Crippen LogP contribution in [0.5, 0.6) is 5.75 Å². The molecule has 0 saturated carbocycles. The van der Waals surface area contributed by atoms with Crippen LogP contribution in [0.15, 0.2) is 49.2 Å². The Balaban J connectivity index is 1.54. The van der Waals surface area contributed by atoms with Crippen molar-refractivity contribution in [3.63, 3.8) is 0 Å². The van der Waals surface area contributed by atoms with Crippen molar-refractivity contribution in [2.24, 2.45) is 0 Å². The molecule has 0 fully saturated rings. The molecule has 6 nitrogen and oxygen atoms in total. The highest BCUT2D eigenvalue weighted by Crippen LogP contribution is 2.32. The first-order chi connectivity index (χ1) is 14.8. The van der Waals surface area contributed by atoms with Crippen molar-refractivity contribution in [2.75, 3.05) is 12.4 Å². The Hall–Kier alpha value is -3.62. The number of aryl methyl sites for hydroxylation is 1. The first-order valence-corrected chi connectivity index (χ1v) is 9.54. The Labute approximate surface area is 176 Å². The fourth-order valence-electron chi connectivity index (χ4n) is 3.42. The van der Waals surface area contributed by atoms with Crippen molar-refractivity contribution < 1.29 is 17.9 Å². The summed E-state index contributed by atoms with van der Waals surface area (Å²) in [6.07, 6.45) is 3.88. The molecule has 31 heavy (non-hydrogen) atoms. The van der Waals surface area contributed by atoms with Crippen molar-refractivity contribution in [1.29, 1.82) is 0 Å². The van der Waals surface area contributed by atoms with Gasteiger partial charge in [0.15, 0.2) is 11.6 Å². The molecule has 4 rings (SSSR count). The van der Waals surface area contributed by atoms with Gasteiger partial charge in [0, 0.05) is 54.9 Å². The van der Waals surface area contributed by atoms with Gasteiger partial charge in [0.1, 0.15) is 5.65 Å². The summed E-state index contributed by atoms with van der Waals surface area (Å²) in [7, 11) is 1.50. The number of anilines is 1. The third-order valence-corrected chi connectivity index (χ3v) is 4.93. The molecule has 4 aromatic rings. The van der Waals surface area contributed by atoms with Gasteiger partial charge in [0.05, 0.1) is 12.7 Å². The number of alkyl halides is 3. The number of hydrogen-bond acceptors (Lipinski definition) is 5. The fourth-order valence-corrected chi connectivity index (χ4v) is 3.42. The van der Waals surface area contributed by atoms with Crippen LogP contribution in [0.25, 0.3) is 11.0 Å². The van der Waals surface area contributed by atoms with E-state index in [1.807, 2.05) is 19.2 Å². The molecule has 4 aromatic heterocycles. The minimum Gasteiger partial charge on any atom is -0.493 e. The zero-order valence-electron chi connectivity index (χ0n) is 16.9. The van der Waals surface area contributed by atoms with Gasteiger partial charge < -0.3 is 15.0 Å². The van der Waals surface area contributed by atoms with Crippen LogP contribution >= 0.6 is 0 Å². The van der Waals surface area contributed by atoms with Gasteiger partial charge in [0.25, 0.3) is 0 Å². The summed E-state index contributed by atoms with van der Waals surface area (Å²) in [5.41, 5.74) is 3.16. The Morgan fingerprint density at radius 1 is 1.10 bits per heavy atom. The van der Waals surface area contributed by atoms with Gasteiger partial charge in [-0.3, -0.25) is 4.98 Å². The number of methoxy groups -OCH3 is 1. The standard InChI is InChI=1S/C22H20F3N5O/c1-13-5-17-15(11-29-20(17)27-8-13)6-14-7-19(31-2)21(28-9-14)30-12-16-10-26-4-3-18(16)22(23,24)25/h3-5,7-11H,6,12H2,1-2H3,(H,27,29)(H,28,30). The second-order valence-electron chi connectivity index (χ2n) is 7.18. The smallest absolute Gasteiger partial charge is 0.416 e. The van der Waals surface area contributed by atoms with Crippen LogP contribution in [-0.2, 0) is 19.1 Å². The van der Waals surface area contributed by atoms with Gasteiger partial charge in [-0.05, 0) is 41.8 Å². The number of aromatic amines is 1. The third-order valence-electron chi connectivity index (χ3n) is 4.93. The Morgan fingerprint density at radius 3 is 2.71 bits per heavy atom. The molecule has 0 aromatic carbocycles. The SMILES string of the molecule is COc1cc(Cc2c[nH]c3ncc(C)cc23)cnc1NCc1cnccc1C(F)(F)F. The summed E-state index contributed by atoms with van der Waals surface area (Å²) in [5, 5.41) is 3.96. The molecule has 9 heteroatoms. The predicted octanol–water partition coefficient (Wildman–Crippen LogP) is 4.89. The number of halogens is 3. The number of nitrogens with zero attached hydrogens (tertiary/aromatic N) is 3. The summed E-state index contributed by atoms with van der Waals surface area (Å²) in [4.78, 5) is 15.7. The molecule has 0 spiro atoms. The van der Waals surface area contributed by atoms with Crippen LogP contribution in [0.4, 0.5) is 19.0 Å². The second kappa shape index (κ2) is 8.25. The maximum absolute atomic E-state index is 13.2. The maximum atomic E-state index is 13.2. The first kappa shape index (κ1) is 20.6. The van der Waals surface area contributed by atoms with Crippen LogP contribution < -0.4 is 10.1 Å². The van der Waals surface area contributed by atoms with Crippen LogP contribution in [0.1, 0.15) is 27.8 Å². The molecule has 0 aliphatic rings. The monoisotopic (exact) mass is 427 g/mol. The summed E-state index contributed by atoms with van der Waals surface area (Å²) >= 11 is 0. The molecule has 0 atom stereocenters. The molecular weight excluding hydrogens is 407 g/mol.